The molecule has 6 nitrogen and oxygen atoms in total. The van der Waals surface area contributed by atoms with Crippen molar-refractivity contribution in [1.82, 2.24) is 14.6 Å². The van der Waals surface area contributed by atoms with Crippen molar-refractivity contribution in [2.75, 3.05) is 5.32 Å². The van der Waals surface area contributed by atoms with Crippen LogP contribution in [0.2, 0.25) is 0 Å². The molecule has 0 fully saturated rings. The minimum absolute atomic E-state index is 0.237. The van der Waals surface area contributed by atoms with Crippen LogP contribution in [0, 0.1) is 0 Å². The largest absolute Gasteiger partial charge is 0.370 e. The molecule has 2 rings (SSSR count). The van der Waals surface area contributed by atoms with Crippen molar-refractivity contribution in [2.24, 2.45) is 5.73 Å². The van der Waals surface area contributed by atoms with Gasteiger partial charge in [0.15, 0.2) is 5.82 Å². The molecule has 0 aliphatic heterocycles. The van der Waals surface area contributed by atoms with Crippen molar-refractivity contribution >= 4 is 17.2 Å². The van der Waals surface area contributed by atoms with Crippen molar-refractivity contribution in [3.8, 4) is 0 Å². The fraction of sp³-hybridized carbons (Fsp3) is 0.500. The monoisotopic (exact) mass is 275 g/mol. The molecule has 3 N–H and O–H groups in total. The Morgan fingerprint density at radius 1 is 1.50 bits per heavy atom. The highest BCUT2D eigenvalue weighted by molar-refractivity contribution is 5.76. The fourth-order valence-electron chi connectivity index (χ4n) is 2.12. The summed E-state index contributed by atoms with van der Waals surface area (Å²) < 4.78 is 1.80. The second-order valence-electron chi connectivity index (χ2n) is 5.98. The molecule has 108 valence electrons. The highest BCUT2D eigenvalue weighted by atomic mass is 16.1. The van der Waals surface area contributed by atoms with Crippen LogP contribution in [0.1, 0.15) is 45.7 Å². The van der Waals surface area contributed by atoms with Crippen molar-refractivity contribution in [3.05, 3.63) is 24.2 Å². The average Bonchev–Trinajstić information content (AvgIpc) is 2.71. The first-order chi connectivity index (χ1) is 9.28. The standard InChI is InChI=1S/C14H21N5O/c1-9(2)10-7-11-13(16-5-6-19(11)18-10)17-14(3,4)8-12(15)20/h5-7,9H,8H2,1-4H3,(H2,15,20)(H,16,17). The van der Waals surface area contributed by atoms with Crippen molar-refractivity contribution < 1.29 is 4.79 Å². The van der Waals surface area contributed by atoms with Gasteiger partial charge in [0.25, 0.3) is 0 Å². The summed E-state index contributed by atoms with van der Waals surface area (Å²) in [5, 5.41) is 7.78. The van der Waals surface area contributed by atoms with Crippen LogP contribution < -0.4 is 11.1 Å². The smallest absolute Gasteiger partial charge is 0.219 e. The van der Waals surface area contributed by atoms with Gasteiger partial charge in [-0.25, -0.2) is 9.50 Å². The number of carbonyl (C=O) groups is 1. The van der Waals surface area contributed by atoms with Gasteiger partial charge in [-0.15, -0.1) is 0 Å². The number of anilines is 1. The van der Waals surface area contributed by atoms with E-state index in [9.17, 15) is 4.79 Å². The lowest BCUT2D eigenvalue weighted by Crippen LogP contribution is -2.36. The molecule has 0 aliphatic rings. The fourth-order valence-corrected chi connectivity index (χ4v) is 2.12. The number of rotatable bonds is 5. The number of hydrogen-bond acceptors (Lipinski definition) is 4. The van der Waals surface area contributed by atoms with Crippen LogP contribution in [-0.4, -0.2) is 26.0 Å². The van der Waals surface area contributed by atoms with Gasteiger partial charge in [-0.1, -0.05) is 13.8 Å². The summed E-state index contributed by atoms with van der Waals surface area (Å²) in [4.78, 5) is 15.5. The van der Waals surface area contributed by atoms with E-state index in [1.807, 2.05) is 26.1 Å². The summed E-state index contributed by atoms with van der Waals surface area (Å²) in [5.41, 5.74) is 6.72. The molecule has 0 radical (unpaired) electrons. The zero-order valence-corrected chi connectivity index (χ0v) is 12.3. The summed E-state index contributed by atoms with van der Waals surface area (Å²) >= 11 is 0. The number of primary amides is 1. The van der Waals surface area contributed by atoms with E-state index in [4.69, 9.17) is 5.73 Å². The number of aromatic nitrogens is 3. The number of hydrogen-bond donors (Lipinski definition) is 2. The SMILES string of the molecule is CC(C)c1cc2c(NC(C)(C)CC(N)=O)nccn2n1. The second kappa shape index (κ2) is 5.11. The van der Waals surface area contributed by atoms with Crippen LogP contribution in [0.15, 0.2) is 18.5 Å². The van der Waals surface area contributed by atoms with Crippen LogP contribution in [0.4, 0.5) is 5.82 Å². The minimum Gasteiger partial charge on any atom is -0.370 e. The van der Waals surface area contributed by atoms with Crippen LogP contribution in [0.25, 0.3) is 5.52 Å². The summed E-state index contributed by atoms with van der Waals surface area (Å²) in [7, 11) is 0. The van der Waals surface area contributed by atoms with Gasteiger partial charge in [-0.05, 0) is 25.8 Å². The molecule has 1 amide bonds. The number of fused-ring (bicyclic) bond motifs is 1. The van der Waals surface area contributed by atoms with E-state index in [1.165, 1.54) is 0 Å². The third kappa shape index (κ3) is 3.07. The molecule has 0 aliphatic carbocycles. The highest BCUT2D eigenvalue weighted by Gasteiger charge is 2.22. The second-order valence-corrected chi connectivity index (χ2v) is 5.98. The molecule has 0 unspecified atom stereocenters. The molecule has 2 aromatic heterocycles. The third-order valence-corrected chi connectivity index (χ3v) is 3.07. The molecule has 2 aromatic rings. The molecule has 0 spiro atoms. The van der Waals surface area contributed by atoms with Gasteiger partial charge in [0, 0.05) is 24.4 Å². The predicted molar refractivity (Wildman–Crippen MR) is 78.6 cm³/mol. The number of carbonyl (C=O) groups excluding carboxylic acids is 1. The first-order valence-electron chi connectivity index (χ1n) is 6.69. The van der Waals surface area contributed by atoms with E-state index in [2.05, 4.69) is 29.2 Å². The van der Waals surface area contributed by atoms with Crippen molar-refractivity contribution in [3.63, 3.8) is 0 Å². The molecule has 0 aromatic carbocycles. The number of nitrogens with two attached hydrogens (primary N) is 1. The van der Waals surface area contributed by atoms with Gasteiger partial charge in [0.1, 0.15) is 5.52 Å². The maximum atomic E-state index is 11.1. The van der Waals surface area contributed by atoms with E-state index in [-0.39, 0.29) is 12.3 Å². The number of amides is 1. The Morgan fingerprint density at radius 2 is 2.20 bits per heavy atom. The van der Waals surface area contributed by atoms with Gasteiger partial charge in [-0.3, -0.25) is 4.79 Å². The maximum absolute atomic E-state index is 11.1. The van der Waals surface area contributed by atoms with E-state index in [1.54, 1.807) is 10.7 Å². The quantitative estimate of drug-likeness (QED) is 0.873. The van der Waals surface area contributed by atoms with Crippen LogP contribution in [0.5, 0.6) is 0 Å². The van der Waals surface area contributed by atoms with Crippen LogP contribution in [0.3, 0.4) is 0 Å². The van der Waals surface area contributed by atoms with Gasteiger partial charge < -0.3 is 11.1 Å². The number of nitrogens with zero attached hydrogens (tertiary/aromatic N) is 3. The summed E-state index contributed by atoms with van der Waals surface area (Å²) in [5.74, 6) is 0.713. The zero-order valence-electron chi connectivity index (χ0n) is 12.3. The Hall–Kier alpha value is -2.11. The molecule has 0 atom stereocenters. The molecule has 0 saturated heterocycles. The third-order valence-electron chi connectivity index (χ3n) is 3.07. The molecule has 20 heavy (non-hydrogen) atoms. The lowest BCUT2D eigenvalue weighted by molar-refractivity contribution is -0.118. The Bertz CT molecular complexity index is 630. The average molecular weight is 275 g/mol. The van der Waals surface area contributed by atoms with Crippen molar-refractivity contribution in [1.29, 1.82) is 0 Å². The van der Waals surface area contributed by atoms with Gasteiger partial charge in [0.05, 0.1) is 5.69 Å². The first-order valence-corrected chi connectivity index (χ1v) is 6.69. The van der Waals surface area contributed by atoms with Crippen LogP contribution in [-0.2, 0) is 4.79 Å². The topological polar surface area (TPSA) is 85.3 Å². The summed E-state index contributed by atoms with van der Waals surface area (Å²) in [6.07, 6.45) is 3.74. The highest BCUT2D eigenvalue weighted by Crippen LogP contribution is 2.23. The van der Waals surface area contributed by atoms with Gasteiger partial charge in [0.2, 0.25) is 5.91 Å². The first kappa shape index (κ1) is 14.3. The predicted octanol–water partition coefficient (Wildman–Crippen LogP) is 1.92. The van der Waals surface area contributed by atoms with Gasteiger partial charge >= 0.3 is 0 Å². The Morgan fingerprint density at radius 3 is 2.80 bits per heavy atom. The Kier molecular flexibility index (Phi) is 3.65. The van der Waals surface area contributed by atoms with Gasteiger partial charge in [-0.2, -0.15) is 5.10 Å². The maximum Gasteiger partial charge on any atom is 0.219 e. The van der Waals surface area contributed by atoms with E-state index in [0.717, 1.165) is 11.2 Å². The zero-order chi connectivity index (χ0) is 14.9. The minimum atomic E-state index is -0.455. The van der Waals surface area contributed by atoms with Crippen molar-refractivity contribution in [2.45, 2.75) is 45.6 Å². The van der Waals surface area contributed by atoms with Crippen LogP contribution >= 0.6 is 0 Å². The molecular formula is C14H21N5O. The normalized spacial score (nSPS) is 12.1. The lowest BCUT2D eigenvalue weighted by atomic mass is 10.0. The summed E-state index contributed by atoms with van der Waals surface area (Å²) in [6, 6.07) is 2.01. The molecular weight excluding hydrogens is 254 g/mol. The Balaban J connectivity index is 2.37. The summed E-state index contributed by atoms with van der Waals surface area (Å²) in [6.45, 7) is 8.03. The van der Waals surface area contributed by atoms with E-state index < -0.39 is 5.54 Å². The van der Waals surface area contributed by atoms with E-state index in [0.29, 0.717) is 11.7 Å². The Labute approximate surface area is 118 Å². The van der Waals surface area contributed by atoms with E-state index >= 15 is 0 Å². The molecule has 6 heteroatoms. The molecule has 0 bridgehead atoms. The molecule has 2 heterocycles. The molecule has 0 saturated carbocycles. The number of nitrogens with one attached hydrogen (secondary N) is 1. The lowest BCUT2D eigenvalue weighted by Gasteiger charge is -2.25.